The smallest absolute Gasteiger partial charge is 0.305 e. The Kier molecular flexibility index (Phi) is 10.3. The maximum Gasteiger partial charge on any atom is 0.305 e. The third-order valence-electron chi connectivity index (χ3n) is 4.07. The number of amides is 1. The van der Waals surface area contributed by atoms with Crippen molar-refractivity contribution in [3.63, 3.8) is 0 Å². The van der Waals surface area contributed by atoms with Crippen LogP contribution < -0.4 is 15.8 Å². The van der Waals surface area contributed by atoms with Crippen molar-refractivity contribution < 1.29 is 22.7 Å². The van der Waals surface area contributed by atoms with Gasteiger partial charge < -0.3 is 15.8 Å². The van der Waals surface area contributed by atoms with E-state index in [1.165, 1.54) is 0 Å². The lowest BCUT2D eigenvalue weighted by atomic mass is 10.1. The Labute approximate surface area is 171 Å². The van der Waals surface area contributed by atoms with E-state index in [1.54, 1.807) is 19.1 Å². The van der Waals surface area contributed by atoms with E-state index in [9.17, 15) is 18.0 Å². The highest BCUT2D eigenvalue weighted by Gasteiger charge is 2.23. The summed E-state index contributed by atoms with van der Waals surface area (Å²) in [6.45, 7) is 2.30. The van der Waals surface area contributed by atoms with Gasteiger partial charge in [0.2, 0.25) is 15.9 Å². The van der Waals surface area contributed by atoms with Crippen LogP contribution in [-0.2, 0) is 30.8 Å². The number of ether oxygens (including phenoxy) is 1. The van der Waals surface area contributed by atoms with Crippen molar-refractivity contribution in [3.8, 4) is 0 Å². The van der Waals surface area contributed by atoms with Crippen LogP contribution in [0.5, 0.6) is 0 Å². The lowest BCUT2D eigenvalue weighted by Gasteiger charge is -2.17. The molecule has 1 amide bonds. The molecule has 0 saturated carbocycles. The van der Waals surface area contributed by atoms with Crippen LogP contribution >= 0.6 is 0 Å². The number of nitrogens with one attached hydrogen (secondary N) is 3. The van der Waals surface area contributed by atoms with E-state index in [4.69, 9.17) is 15.9 Å². The second-order valence-corrected chi connectivity index (χ2v) is 8.43. The van der Waals surface area contributed by atoms with Gasteiger partial charge in [0.15, 0.2) is 0 Å². The van der Waals surface area contributed by atoms with Crippen LogP contribution in [0.15, 0.2) is 24.3 Å². The number of aryl methyl sites for hydroxylation is 1. The highest BCUT2D eigenvalue weighted by atomic mass is 32.2. The van der Waals surface area contributed by atoms with E-state index in [1.807, 2.05) is 12.1 Å². The van der Waals surface area contributed by atoms with Gasteiger partial charge >= 0.3 is 5.97 Å². The number of amidine groups is 1. The Morgan fingerprint density at radius 2 is 1.86 bits per heavy atom. The summed E-state index contributed by atoms with van der Waals surface area (Å²) < 4.78 is 30.0. The van der Waals surface area contributed by atoms with Crippen LogP contribution in [0.3, 0.4) is 0 Å². The Morgan fingerprint density at radius 3 is 2.41 bits per heavy atom. The highest BCUT2D eigenvalue weighted by Crippen LogP contribution is 2.08. The van der Waals surface area contributed by atoms with Crippen LogP contribution in [0.25, 0.3) is 0 Å². The van der Waals surface area contributed by atoms with Gasteiger partial charge in [-0.15, -0.1) is 0 Å². The number of hydrogen-bond acceptors (Lipinski definition) is 6. The van der Waals surface area contributed by atoms with Gasteiger partial charge in [0.1, 0.15) is 11.9 Å². The minimum absolute atomic E-state index is 0.0273. The number of hydrogen-bond donors (Lipinski definition) is 4. The topological polar surface area (TPSA) is 151 Å². The standard InChI is InChI=1S/C19H30N4O5S/c1-3-28-17(24)12-11-16(23-29(2,26)27)19(25)22-13-5-4-6-14-7-9-15(10-8-14)18(20)21/h7-10,16,23H,3-6,11-13H2,1-2H3,(H3,20,21)(H,22,25). The molecule has 9 nitrogen and oxygen atoms in total. The molecule has 0 aliphatic carbocycles. The van der Waals surface area contributed by atoms with E-state index in [2.05, 4.69) is 10.0 Å². The number of benzene rings is 1. The molecule has 162 valence electrons. The molecule has 0 radical (unpaired) electrons. The fourth-order valence-corrected chi connectivity index (χ4v) is 3.38. The first kappa shape index (κ1) is 24.6. The van der Waals surface area contributed by atoms with Crippen LogP contribution in [0.1, 0.15) is 43.7 Å². The molecule has 0 heterocycles. The van der Waals surface area contributed by atoms with Crippen molar-refractivity contribution in [1.82, 2.24) is 10.0 Å². The first-order valence-electron chi connectivity index (χ1n) is 9.46. The normalized spacial score (nSPS) is 12.2. The van der Waals surface area contributed by atoms with Gasteiger partial charge in [-0.3, -0.25) is 15.0 Å². The van der Waals surface area contributed by atoms with Gasteiger partial charge in [-0.05, 0) is 38.2 Å². The molecule has 0 spiro atoms. The number of carbonyl (C=O) groups excluding carboxylic acids is 2. The van der Waals surface area contributed by atoms with Crippen LogP contribution in [0.4, 0.5) is 0 Å². The van der Waals surface area contributed by atoms with E-state index in [0.29, 0.717) is 18.5 Å². The quantitative estimate of drug-likeness (QED) is 0.157. The summed E-state index contributed by atoms with van der Waals surface area (Å²) in [6.07, 6.45) is 3.29. The monoisotopic (exact) mass is 426 g/mol. The van der Waals surface area contributed by atoms with Crippen LogP contribution in [0, 0.1) is 5.41 Å². The van der Waals surface area contributed by atoms with Gasteiger partial charge in [-0.1, -0.05) is 24.3 Å². The van der Waals surface area contributed by atoms with Crippen molar-refractivity contribution in [2.75, 3.05) is 19.4 Å². The first-order valence-corrected chi connectivity index (χ1v) is 11.4. The average Bonchev–Trinajstić information content (AvgIpc) is 2.64. The summed E-state index contributed by atoms with van der Waals surface area (Å²) >= 11 is 0. The minimum atomic E-state index is -3.60. The van der Waals surface area contributed by atoms with Crippen LogP contribution in [0.2, 0.25) is 0 Å². The molecule has 1 unspecified atom stereocenters. The summed E-state index contributed by atoms with van der Waals surface area (Å²) in [4.78, 5) is 23.8. The molecule has 10 heteroatoms. The second kappa shape index (κ2) is 12.2. The number of rotatable bonds is 13. The Hall–Kier alpha value is -2.46. The largest absolute Gasteiger partial charge is 0.466 e. The second-order valence-electron chi connectivity index (χ2n) is 6.65. The number of unbranched alkanes of at least 4 members (excludes halogenated alkanes) is 1. The predicted molar refractivity (Wildman–Crippen MR) is 111 cm³/mol. The van der Waals surface area contributed by atoms with Crippen molar-refractivity contribution in [2.45, 2.75) is 45.1 Å². The minimum Gasteiger partial charge on any atom is -0.466 e. The first-order chi connectivity index (χ1) is 13.6. The number of nitrogens with two attached hydrogens (primary N) is 1. The van der Waals surface area contributed by atoms with Crippen molar-refractivity contribution >= 4 is 27.7 Å². The third kappa shape index (κ3) is 10.6. The SMILES string of the molecule is CCOC(=O)CCC(NS(C)(=O)=O)C(=O)NCCCCc1ccc(C(=N)N)cc1. The summed E-state index contributed by atoms with van der Waals surface area (Å²) in [5.41, 5.74) is 7.20. The molecular weight excluding hydrogens is 396 g/mol. The summed E-state index contributed by atoms with van der Waals surface area (Å²) in [5, 5.41) is 10.1. The number of sulfonamides is 1. The Bertz CT molecular complexity index is 793. The molecule has 1 aromatic rings. The van der Waals surface area contributed by atoms with Crippen LogP contribution in [-0.4, -0.2) is 51.6 Å². The maximum atomic E-state index is 12.3. The van der Waals surface area contributed by atoms with Crippen molar-refractivity contribution in [3.05, 3.63) is 35.4 Å². The molecular formula is C19H30N4O5S. The zero-order valence-corrected chi connectivity index (χ0v) is 17.7. The van der Waals surface area contributed by atoms with Gasteiger partial charge in [0.05, 0.1) is 12.9 Å². The number of nitrogen functional groups attached to an aromatic ring is 1. The van der Waals surface area contributed by atoms with E-state index in [-0.39, 0.29) is 25.3 Å². The fourth-order valence-electron chi connectivity index (χ4n) is 2.64. The number of carbonyl (C=O) groups is 2. The van der Waals surface area contributed by atoms with Gasteiger partial charge in [0.25, 0.3) is 0 Å². The summed E-state index contributed by atoms with van der Waals surface area (Å²) in [6, 6.07) is 6.40. The zero-order chi connectivity index (χ0) is 21.9. The lowest BCUT2D eigenvalue weighted by molar-refractivity contribution is -0.143. The van der Waals surface area contributed by atoms with Crippen molar-refractivity contribution in [1.29, 1.82) is 5.41 Å². The molecule has 0 bridgehead atoms. The molecule has 0 aliphatic heterocycles. The molecule has 1 atom stereocenters. The number of esters is 1. The highest BCUT2D eigenvalue weighted by molar-refractivity contribution is 7.88. The molecule has 5 N–H and O–H groups in total. The third-order valence-corrected chi connectivity index (χ3v) is 4.78. The van der Waals surface area contributed by atoms with Gasteiger partial charge in [-0.25, -0.2) is 13.1 Å². The fraction of sp³-hybridized carbons (Fsp3) is 0.526. The van der Waals surface area contributed by atoms with E-state index >= 15 is 0 Å². The lowest BCUT2D eigenvalue weighted by Crippen LogP contribution is -2.46. The molecule has 0 saturated heterocycles. The molecule has 0 aromatic heterocycles. The molecule has 1 rings (SSSR count). The van der Waals surface area contributed by atoms with E-state index < -0.39 is 27.9 Å². The summed E-state index contributed by atoms with van der Waals surface area (Å²) in [5.74, 6) is -0.915. The summed E-state index contributed by atoms with van der Waals surface area (Å²) in [7, 11) is -3.60. The molecule has 1 aromatic carbocycles. The molecule has 0 fully saturated rings. The molecule has 0 aliphatic rings. The zero-order valence-electron chi connectivity index (χ0n) is 16.9. The average molecular weight is 427 g/mol. The molecule has 29 heavy (non-hydrogen) atoms. The Balaban J connectivity index is 2.42. The maximum absolute atomic E-state index is 12.3. The predicted octanol–water partition coefficient (Wildman–Crippen LogP) is 0.671. The Morgan fingerprint density at radius 1 is 1.21 bits per heavy atom. The van der Waals surface area contributed by atoms with E-state index in [0.717, 1.165) is 24.7 Å². The van der Waals surface area contributed by atoms with Crippen molar-refractivity contribution in [2.24, 2.45) is 5.73 Å². The van der Waals surface area contributed by atoms with Gasteiger partial charge in [0, 0.05) is 18.5 Å². The van der Waals surface area contributed by atoms with Gasteiger partial charge in [-0.2, -0.15) is 0 Å².